The second kappa shape index (κ2) is 7.98. The standard InChI is InChI=1S/C16H22FNO3/c1-20-15-10-12(2-4-14(15)17)3-5-16(19)18-11-13-6-8-21-9-7-13/h2,4,10,13H,3,5-9,11H2,1H3,(H,18,19). The Hall–Kier alpha value is -1.62. The van der Waals surface area contributed by atoms with Gasteiger partial charge in [0.2, 0.25) is 5.91 Å². The highest BCUT2D eigenvalue weighted by atomic mass is 19.1. The van der Waals surface area contributed by atoms with Crippen molar-refractivity contribution in [2.45, 2.75) is 25.7 Å². The third-order valence-corrected chi connectivity index (χ3v) is 3.79. The van der Waals surface area contributed by atoms with Crippen molar-refractivity contribution < 1.29 is 18.7 Å². The number of carbonyl (C=O) groups is 1. The second-order valence-corrected chi connectivity index (χ2v) is 5.33. The van der Waals surface area contributed by atoms with Crippen LogP contribution in [-0.2, 0) is 16.0 Å². The Morgan fingerprint density at radius 3 is 2.90 bits per heavy atom. The van der Waals surface area contributed by atoms with E-state index in [1.165, 1.54) is 13.2 Å². The summed E-state index contributed by atoms with van der Waals surface area (Å²) in [5.74, 6) is 0.388. The van der Waals surface area contributed by atoms with Crippen LogP contribution in [0.3, 0.4) is 0 Å². The minimum atomic E-state index is -0.384. The van der Waals surface area contributed by atoms with E-state index in [9.17, 15) is 9.18 Å². The molecule has 1 amide bonds. The molecule has 0 bridgehead atoms. The van der Waals surface area contributed by atoms with E-state index < -0.39 is 0 Å². The van der Waals surface area contributed by atoms with E-state index >= 15 is 0 Å². The van der Waals surface area contributed by atoms with Crippen molar-refractivity contribution in [3.05, 3.63) is 29.6 Å². The summed E-state index contributed by atoms with van der Waals surface area (Å²) in [5, 5.41) is 2.96. The Labute approximate surface area is 124 Å². The van der Waals surface area contributed by atoms with Gasteiger partial charge in [-0.1, -0.05) is 6.07 Å². The zero-order chi connectivity index (χ0) is 15.1. The Kier molecular flexibility index (Phi) is 5.99. The van der Waals surface area contributed by atoms with Gasteiger partial charge in [0.05, 0.1) is 7.11 Å². The van der Waals surface area contributed by atoms with Crippen molar-refractivity contribution in [3.8, 4) is 5.75 Å². The van der Waals surface area contributed by atoms with Crippen molar-refractivity contribution in [2.24, 2.45) is 5.92 Å². The minimum absolute atomic E-state index is 0.0322. The van der Waals surface area contributed by atoms with Gasteiger partial charge in [0.15, 0.2) is 11.6 Å². The number of rotatable bonds is 6. The first-order chi connectivity index (χ1) is 10.2. The highest BCUT2D eigenvalue weighted by molar-refractivity contribution is 5.76. The summed E-state index contributed by atoms with van der Waals surface area (Å²) in [6, 6.07) is 4.69. The maximum Gasteiger partial charge on any atom is 0.220 e. The molecular formula is C16H22FNO3. The van der Waals surface area contributed by atoms with Gasteiger partial charge in [-0.15, -0.1) is 0 Å². The zero-order valence-corrected chi connectivity index (χ0v) is 12.4. The normalized spacial score (nSPS) is 15.7. The van der Waals surface area contributed by atoms with Gasteiger partial charge in [-0.05, 0) is 42.9 Å². The monoisotopic (exact) mass is 295 g/mol. The molecule has 1 aliphatic rings. The number of methoxy groups -OCH3 is 1. The van der Waals surface area contributed by atoms with E-state index in [2.05, 4.69) is 5.32 Å². The van der Waals surface area contributed by atoms with E-state index in [4.69, 9.17) is 9.47 Å². The van der Waals surface area contributed by atoms with E-state index in [-0.39, 0.29) is 17.5 Å². The van der Waals surface area contributed by atoms with E-state index in [1.807, 2.05) is 0 Å². The molecule has 1 heterocycles. The van der Waals surface area contributed by atoms with Crippen LogP contribution in [0.5, 0.6) is 5.75 Å². The van der Waals surface area contributed by atoms with Crippen LogP contribution in [0, 0.1) is 11.7 Å². The number of aryl methyl sites for hydroxylation is 1. The first-order valence-electron chi connectivity index (χ1n) is 7.36. The fourth-order valence-electron chi connectivity index (χ4n) is 2.41. The molecule has 0 saturated carbocycles. The molecule has 0 radical (unpaired) electrons. The van der Waals surface area contributed by atoms with Crippen molar-refractivity contribution in [1.82, 2.24) is 5.32 Å². The first kappa shape index (κ1) is 15.8. The Bertz CT molecular complexity index is 473. The summed E-state index contributed by atoms with van der Waals surface area (Å²) in [6.07, 6.45) is 3.00. The fourth-order valence-corrected chi connectivity index (χ4v) is 2.41. The van der Waals surface area contributed by atoms with E-state index in [0.717, 1.165) is 38.2 Å². The molecule has 1 aromatic carbocycles. The number of halogens is 1. The number of benzene rings is 1. The molecule has 0 aromatic heterocycles. The summed E-state index contributed by atoms with van der Waals surface area (Å²) >= 11 is 0. The molecule has 5 heteroatoms. The van der Waals surface area contributed by atoms with Gasteiger partial charge in [0, 0.05) is 26.2 Å². The highest BCUT2D eigenvalue weighted by Crippen LogP contribution is 2.19. The smallest absolute Gasteiger partial charge is 0.220 e. The summed E-state index contributed by atoms with van der Waals surface area (Å²) < 4.78 is 23.5. The second-order valence-electron chi connectivity index (χ2n) is 5.33. The molecular weight excluding hydrogens is 273 g/mol. The lowest BCUT2D eigenvalue weighted by Crippen LogP contribution is -2.32. The van der Waals surface area contributed by atoms with Crippen LogP contribution < -0.4 is 10.1 Å². The third kappa shape index (κ3) is 5.01. The molecule has 0 spiro atoms. The first-order valence-corrected chi connectivity index (χ1v) is 7.36. The summed E-state index contributed by atoms with van der Waals surface area (Å²) in [5.41, 5.74) is 0.898. The van der Waals surface area contributed by atoms with Crippen LogP contribution in [-0.4, -0.2) is 32.8 Å². The number of carbonyl (C=O) groups excluding carboxylic acids is 1. The summed E-state index contributed by atoms with van der Waals surface area (Å²) in [4.78, 5) is 11.8. The van der Waals surface area contributed by atoms with Crippen molar-refractivity contribution >= 4 is 5.91 Å². The number of hydrogen-bond acceptors (Lipinski definition) is 3. The number of ether oxygens (including phenoxy) is 2. The van der Waals surface area contributed by atoms with Crippen molar-refractivity contribution in [3.63, 3.8) is 0 Å². The van der Waals surface area contributed by atoms with Crippen LogP contribution in [0.25, 0.3) is 0 Å². The molecule has 21 heavy (non-hydrogen) atoms. The largest absolute Gasteiger partial charge is 0.494 e. The molecule has 1 aliphatic heterocycles. The molecule has 0 atom stereocenters. The van der Waals surface area contributed by atoms with Gasteiger partial charge >= 0.3 is 0 Å². The molecule has 116 valence electrons. The quantitative estimate of drug-likeness (QED) is 0.876. The number of nitrogens with one attached hydrogen (secondary N) is 1. The lowest BCUT2D eigenvalue weighted by molar-refractivity contribution is -0.121. The molecule has 1 fully saturated rings. The van der Waals surface area contributed by atoms with Gasteiger partial charge in [0.1, 0.15) is 0 Å². The topological polar surface area (TPSA) is 47.6 Å². The average molecular weight is 295 g/mol. The number of hydrogen-bond donors (Lipinski definition) is 1. The van der Waals surface area contributed by atoms with Gasteiger partial charge in [-0.3, -0.25) is 4.79 Å². The summed E-state index contributed by atoms with van der Waals surface area (Å²) in [7, 11) is 1.43. The molecule has 4 nitrogen and oxygen atoms in total. The molecule has 0 unspecified atom stereocenters. The Morgan fingerprint density at radius 2 is 2.19 bits per heavy atom. The van der Waals surface area contributed by atoms with Crippen LogP contribution in [0.4, 0.5) is 4.39 Å². The van der Waals surface area contributed by atoms with Crippen molar-refractivity contribution in [2.75, 3.05) is 26.9 Å². The number of amides is 1. The maximum atomic E-state index is 13.3. The lowest BCUT2D eigenvalue weighted by Gasteiger charge is -2.22. The molecule has 0 aliphatic carbocycles. The fraction of sp³-hybridized carbons (Fsp3) is 0.562. The Balaban J connectivity index is 1.73. The molecule has 1 saturated heterocycles. The van der Waals surface area contributed by atoms with Crippen LogP contribution >= 0.6 is 0 Å². The molecule has 2 rings (SSSR count). The predicted octanol–water partition coefficient (Wildman–Crippen LogP) is 2.31. The zero-order valence-electron chi connectivity index (χ0n) is 12.4. The maximum absolute atomic E-state index is 13.3. The van der Waals surface area contributed by atoms with Crippen LogP contribution in [0.15, 0.2) is 18.2 Å². The van der Waals surface area contributed by atoms with Crippen LogP contribution in [0.2, 0.25) is 0 Å². The van der Waals surface area contributed by atoms with E-state index in [1.54, 1.807) is 12.1 Å². The Morgan fingerprint density at radius 1 is 1.43 bits per heavy atom. The SMILES string of the molecule is COc1cc(CCC(=O)NCC2CCOCC2)ccc1F. The van der Waals surface area contributed by atoms with Gasteiger partial charge in [-0.2, -0.15) is 0 Å². The third-order valence-electron chi connectivity index (χ3n) is 3.79. The molecule has 1 N–H and O–H groups in total. The average Bonchev–Trinajstić information content (AvgIpc) is 2.53. The lowest BCUT2D eigenvalue weighted by atomic mass is 10.0. The van der Waals surface area contributed by atoms with Gasteiger partial charge in [0.25, 0.3) is 0 Å². The molecule has 1 aromatic rings. The summed E-state index contributed by atoms with van der Waals surface area (Å²) in [6.45, 7) is 2.29. The highest BCUT2D eigenvalue weighted by Gasteiger charge is 2.14. The van der Waals surface area contributed by atoms with E-state index in [0.29, 0.717) is 18.8 Å². The van der Waals surface area contributed by atoms with Gasteiger partial charge < -0.3 is 14.8 Å². The van der Waals surface area contributed by atoms with Gasteiger partial charge in [-0.25, -0.2) is 4.39 Å². The minimum Gasteiger partial charge on any atom is -0.494 e. The predicted molar refractivity (Wildman–Crippen MR) is 77.8 cm³/mol. The van der Waals surface area contributed by atoms with Crippen LogP contribution in [0.1, 0.15) is 24.8 Å². The van der Waals surface area contributed by atoms with Crippen molar-refractivity contribution in [1.29, 1.82) is 0 Å².